The molecule has 0 amide bonds. The Balaban J connectivity index is 2.01. The van der Waals surface area contributed by atoms with E-state index in [-0.39, 0.29) is 0 Å². The first-order valence-electron chi connectivity index (χ1n) is 5.78. The molecule has 0 radical (unpaired) electrons. The summed E-state index contributed by atoms with van der Waals surface area (Å²) in [6, 6.07) is 0.903. The highest BCUT2D eigenvalue weighted by Crippen LogP contribution is 2.14. The highest BCUT2D eigenvalue weighted by Gasteiger charge is 2.13. The van der Waals surface area contributed by atoms with Gasteiger partial charge in [-0.1, -0.05) is 12.8 Å². The number of halogens is 2. The van der Waals surface area contributed by atoms with Crippen molar-refractivity contribution in [3.63, 3.8) is 0 Å². The van der Waals surface area contributed by atoms with Gasteiger partial charge in [-0.2, -0.15) is 0 Å². The Hall–Kier alpha value is -1.03. The monoisotopic (exact) mass is 226 g/mol. The average molecular weight is 226 g/mol. The summed E-state index contributed by atoms with van der Waals surface area (Å²) >= 11 is 0. The third-order valence-corrected chi connectivity index (χ3v) is 2.96. The van der Waals surface area contributed by atoms with Gasteiger partial charge >= 0.3 is 0 Å². The van der Waals surface area contributed by atoms with Crippen LogP contribution in [0.5, 0.6) is 0 Å². The highest BCUT2D eigenvalue weighted by molar-refractivity contribution is 5.08. The quantitative estimate of drug-likeness (QED) is 0.770. The fourth-order valence-corrected chi connectivity index (χ4v) is 2.07. The van der Waals surface area contributed by atoms with Crippen LogP contribution >= 0.6 is 0 Å². The van der Waals surface area contributed by atoms with Crippen molar-refractivity contribution in [2.75, 3.05) is 13.1 Å². The predicted octanol–water partition coefficient (Wildman–Crippen LogP) is 2.74. The van der Waals surface area contributed by atoms with Gasteiger partial charge in [-0.3, -0.25) is 9.88 Å². The van der Waals surface area contributed by atoms with Crippen molar-refractivity contribution in [1.29, 1.82) is 0 Å². The van der Waals surface area contributed by atoms with E-state index in [1.807, 2.05) is 0 Å². The van der Waals surface area contributed by atoms with Crippen molar-refractivity contribution in [2.24, 2.45) is 0 Å². The molecular weight excluding hydrogens is 210 g/mol. The highest BCUT2D eigenvalue weighted by atomic mass is 19.1. The van der Waals surface area contributed by atoms with Crippen LogP contribution in [0, 0.1) is 11.6 Å². The Morgan fingerprint density at radius 1 is 1.12 bits per heavy atom. The van der Waals surface area contributed by atoms with Gasteiger partial charge in [-0.15, -0.1) is 0 Å². The van der Waals surface area contributed by atoms with Crippen molar-refractivity contribution >= 4 is 0 Å². The zero-order valence-electron chi connectivity index (χ0n) is 9.25. The summed E-state index contributed by atoms with van der Waals surface area (Å²) in [4.78, 5) is 6.00. The smallest absolute Gasteiger partial charge is 0.148 e. The SMILES string of the molecule is Fc1cnc(CN2CCCCCC2)c(F)c1. The molecule has 2 rings (SSSR count). The lowest BCUT2D eigenvalue weighted by atomic mass is 10.2. The zero-order valence-corrected chi connectivity index (χ0v) is 9.25. The summed E-state index contributed by atoms with van der Waals surface area (Å²) in [6.07, 6.45) is 5.88. The Kier molecular flexibility index (Phi) is 3.83. The van der Waals surface area contributed by atoms with E-state index in [0.29, 0.717) is 12.2 Å². The van der Waals surface area contributed by atoms with E-state index in [2.05, 4.69) is 9.88 Å². The van der Waals surface area contributed by atoms with Gasteiger partial charge in [-0.05, 0) is 25.9 Å². The number of hydrogen-bond acceptors (Lipinski definition) is 2. The van der Waals surface area contributed by atoms with Crippen LogP contribution in [0.25, 0.3) is 0 Å². The molecule has 2 heterocycles. The van der Waals surface area contributed by atoms with Gasteiger partial charge in [0.1, 0.15) is 11.6 Å². The van der Waals surface area contributed by atoms with Gasteiger partial charge in [0.15, 0.2) is 0 Å². The Labute approximate surface area is 94.3 Å². The van der Waals surface area contributed by atoms with E-state index in [9.17, 15) is 8.78 Å². The lowest BCUT2D eigenvalue weighted by Crippen LogP contribution is -2.25. The van der Waals surface area contributed by atoms with Crippen LogP contribution in [0.1, 0.15) is 31.4 Å². The molecule has 1 aromatic heterocycles. The Morgan fingerprint density at radius 3 is 2.44 bits per heavy atom. The van der Waals surface area contributed by atoms with Gasteiger partial charge in [0, 0.05) is 12.6 Å². The van der Waals surface area contributed by atoms with Gasteiger partial charge in [0.05, 0.1) is 11.9 Å². The van der Waals surface area contributed by atoms with E-state index < -0.39 is 11.6 Å². The zero-order chi connectivity index (χ0) is 11.4. The minimum atomic E-state index is -0.614. The molecule has 0 bridgehead atoms. The summed E-state index contributed by atoms with van der Waals surface area (Å²) in [5.41, 5.74) is 0.350. The van der Waals surface area contributed by atoms with E-state index in [4.69, 9.17) is 0 Å². The number of rotatable bonds is 2. The molecule has 1 aromatic rings. The molecule has 1 fully saturated rings. The standard InChI is InChI=1S/C12H16F2N2/c13-10-7-11(14)12(15-8-10)9-16-5-3-1-2-4-6-16/h7-8H,1-6,9H2. The normalized spacial score (nSPS) is 18.4. The minimum absolute atomic E-state index is 0.350. The van der Waals surface area contributed by atoms with Crippen molar-refractivity contribution < 1.29 is 8.78 Å². The van der Waals surface area contributed by atoms with E-state index >= 15 is 0 Å². The molecule has 4 heteroatoms. The van der Waals surface area contributed by atoms with Crippen LogP contribution in [0.15, 0.2) is 12.3 Å². The van der Waals surface area contributed by atoms with Gasteiger partial charge in [-0.25, -0.2) is 8.78 Å². The largest absolute Gasteiger partial charge is 0.297 e. The molecule has 0 saturated carbocycles. The second-order valence-corrected chi connectivity index (χ2v) is 4.27. The first-order chi connectivity index (χ1) is 7.75. The molecule has 0 aliphatic carbocycles. The third kappa shape index (κ3) is 2.98. The molecule has 0 atom stereocenters. The number of likely N-dealkylation sites (tertiary alicyclic amines) is 1. The lowest BCUT2D eigenvalue weighted by Gasteiger charge is -2.19. The van der Waals surface area contributed by atoms with Crippen LogP contribution in [0.2, 0.25) is 0 Å². The van der Waals surface area contributed by atoms with Crippen molar-refractivity contribution in [3.05, 3.63) is 29.6 Å². The maximum Gasteiger partial charge on any atom is 0.148 e. The first-order valence-corrected chi connectivity index (χ1v) is 5.78. The summed E-state index contributed by atoms with van der Waals surface area (Å²) in [5.74, 6) is -1.15. The maximum absolute atomic E-state index is 13.4. The Bertz CT molecular complexity index is 347. The van der Waals surface area contributed by atoms with Crippen LogP contribution < -0.4 is 0 Å². The van der Waals surface area contributed by atoms with Crippen molar-refractivity contribution in [1.82, 2.24) is 9.88 Å². The number of nitrogens with zero attached hydrogens (tertiary/aromatic N) is 2. The molecular formula is C12H16F2N2. The summed E-state index contributed by atoms with van der Waals surface area (Å²) in [7, 11) is 0. The third-order valence-electron chi connectivity index (χ3n) is 2.96. The second-order valence-electron chi connectivity index (χ2n) is 4.27. The number of hydrogen-bond donors (Lipinski definition) is 0. The van der Waals surface area contributed by atoms with Crippen LogP contribution in [-0.2, 0) is 6.54 Å². The molecule has 1 aliphatic heterocycles. The number of aromatic nitrogens is 1. The fourth-order valence-electron chi connectivity index (χ4n) is 2.07. The van der Waals surface area contributed by atoms with Gasteiger partial charge < -0.3 is 0 Å². The molecule has 16 heavy (non-hydrogen) atoms. The maximum atomic E-state index is 13.4. The van der Waals surface area contributed by atoms with Crippen molar-refractivity contribution in [2.45, 2.75) is 32.2 Å². The summed E-state index contributed by atoms with van der Waals surface area (Å²) in [6.45, 7) is 2.46. The lowest BCUT2D eigenvalue weighted by molar-refractivity contribution is 0.268. The summed E-state index contributed by atoms with van der Waals surface area (Å²) < 4.78 is 26.1. The van der Waals surface area contributed by atoms with Crippen LogP contribution in [0.4, 0.5) is 8.78 Å². The van der Waals surface area contributed by atoms with E-state index in [1.54, 1.807) is 0 Å². The molecule has 1 saturated heterocycles. The van der Waals surface area contributed by atoms with Crippen LogP contribution in [-0.4, -0.2) is 23.0 Å². The molecule has 0 unspecified atom stereocenters. The fraction of sp³-hybridized carbons (Fsp3) is 0.583. The van der Waals surface area contributed by atoms with Gasteiger partial charge in [0.25, 0.3) is 0 Å². The first kappa shape index (κ1) is 11.5. The van der Waals surface area contributed by atoms with Crippen LogP contribution in [0.3, 0.4) is 0 Å². The molecule has 2 nitrogen and oxygen atoms in total. The molecule has 0 spiro atoms. The predicted molar refractivity (Wildman–Crippen MR) is 57.9 cm³/mol. The molecule has 0 N–H and O–H groups in total. The molecule has 1 aliphatic rings. The van der Waals surface area contributed by atoms with E-state index in [0.717, 1.165) is 38.2 Å². The van der Waals surface area contributed by atoms with Crippen molar-refractivity contribution in [3.8, 4) is 0 Å². The van der Waals surface area contributed by atoms with E-state index in [1.165, 1.54) is 12.8 Å². The average Bonchev–Trinajstić information content (AvgIpc) is 2.51. The van der Waals surface area contributed by atoms with Gasteiger partial charge in [0.2, 0.25) is 0 Å². The second kappa shape index (κ2) is 5.34. The number of pyridine rings is 1. The minimum Gasteiger partial charge on any atom is -0.297 e. The molecule has 0 aromatic carbocycles. The Morgan fingerprint density at radius 2 is 1.81 bits per heavy atom. The summed E-state index contributed by atoms with van der Waals surface area (Å²) in [5, 5.41) is 0. The topological polar surface area (TPSA) is 16.1 Å². The molecule has 88 valence electrons.